The first-order valence-corrected chi connectivity index (χ1v) is 45.3. The standard InChI is InChI=1S/C15H19NO.C12H21NO2.C11H19NO.C10H17NO2.C10H17NOS.C10H17NO.C9H14N2O2.C9H15NOS.C8H15NO3S/c1-15(2,3)10-9-14-16-11-13(17-14)12-7-5-4-6-8-12;1-6-13-9(14)7-12(5,10(13)15)8-11(2,3)4;1-8-6-11(5,9(13)12-8)7-10(2,3)4;2*1-7-11-8(12)10(5,13-7)6-9(2,3)4;1-7-5-8(9(12)11-7)6-10(2,3)4;1-5-10-7(9(2,3)4)6(12)8(13)11-5;1-6-10-8(11)7(12-6)5-9(2,3)4;1-8(2,3)4-6-5-13(11,12)9-7(6)10/h4-8,11H,9-10H2,1-3H3;6-8H2,1-5H3;1,6-7H2,2-5H3,(H,12,13);2*1,6H2,2-5H3,(H,11,12);8H,1,5-6H2,2-4H3,(H,11,12);12H,1-4H3,(H,10,11,13);7H,1,5H2,2-4H3,(H,10,11);6H,4-5H2,1-3H3,(H,9,10). The van der Waals surface area contributed by atoms with Crippen molar-refractivity contribution in [2.75, 3.05) is 12.3 Å². The topological polar surface area (TPSA) is 347 Å². The Bertz CT molecular complexity index is 4190. The number of rotatable bonds is 11. The Morgan fingerprint density at radius 2 is 1.07 bits per heavy atom. The van der Waals surface area contributed by atoms with Gasteiger partial charge in [-0.15, -0.1) is 0 Å². The zero-order chi connectivity index (χ0) is 94.2. The summed E-state index contributed by atoms with van der Waals surface area (Å²) in [6, 6.07) is 10.1. The van der Waals surface area contributed by atoms with Gasteiger partial charge in [-0.2, -0.15) is 0 Å². The molecule has 0 saturated carbocycles. The lowest BCUT2D eigenvalue weighted by Gasteiger charge is -2.29. The zero-order valence-electron chi connectivity index (χ0n) is 80.0. The molecule has 0 radical (unpaired) electrons. The van der Waals surface area contributed by atoms with Crippen LogP contribution in [-0.4, -0.2) is 109 Å². The fourth-order valence-corrected chi connectivity index (χ4v) is 19.2. The highest BCUT2D eigenvalue weighted by atomic mass is 32.2. The van der Waals surface area contributed by atoms with Crippen LogP contribution in [-0.2, 0) is 65.0 Å². The second kappa shape index (κ2) is 42.3. The third kappa shape index (κ3) is 40.2. The van der Waals surface area contributed by atoms with Crippen LogP contribution in [0.2, 0.25) is 0 Å². The number of thioether (sulfide) groups is 2. The van der Waals surface area contributed by atoms with E-state index >= 15 is 0 Å². The van der Waals surface area contributed by atoms with Gasteiger partial charge in [-0.05, 0) is 129 Å². The molecule has 7 aliphatic rings. The lowest BCUT2D eigenvalue weighted by atomic mass is 9.74. The third-order valence-corrected chi connectivity index (χ3v) is 22.6. The number of benzene rings is 1. The maximum absolute atomic E-state index is 12.1. The number of aromatic hydroxyl groups is 1. The van der Waals surface area contributed by atoms with Gasteiger partial charge in [0, 0.05) is 60.5 Å². The van der Waals surface area contributed by atoms with Crippen LogP contribution in [0.25, 0.3) is 11.3 Å². The van der Waals surface area contributed by atoms with Crippen molar-refractivity contribution in [1.82, 2.24) is 51.2 Å². The normalized spacial score (nSPS) is 23.5. The molecule has 27 heteroatoms. The molecule has 0 spiro atoms. The van der Waals surface area contributed by atoms with Crippen LogP contribution in [0.3, 0.4) is 0 Å². The van der Waals surface area contributed by atoms with Gasteiger partial charge in [0.05, 0.1) is 54.4 Å². The molecule has 3 aromatic rings. The van der Waals surface area contributed by atoms with E-state index < -0.39 is 26.6 Å². The molecule has 7 atom stereocenters. The average Bonchev–Trinajstić information content (AvgIpc) is 1.63. The number of nitrogens with zero attached hydrogens (tertiary/aromatic N) is 3. The molecule has 0 aliphatic carbocycles. The van der Waals surface area contributed by atoms with Gasteiger partial charge in [0.25, 0.3) is 11.5 Å². The number of hydrogen-bond donors (Lipinski definition) is 8. The summed E-state index contributed by atoms with van der Waals surface area (Å²) in [6.45, 7) is 87.0. The highest BCUT2D eigenvalue weighted by Crippen LogP contribution is 2.46. The Balaban J connectivity index is 0.000000462. The number of amides is 8. The van der Waals surface area contributed by atoms with Gasteiger partial charge in [0.1, 0.15) is 5.82 Å². The molecule has 7 aliphatic heterocycles. The Morgan fingerprint density at radius 3 is 1.45 bits per heavy atom. The van der Waals surface area contributed by atoms with Crippen molar-refractivity contribution in [3.63, 3.8) is 0 Å². The molecule has 10 rings (SSSR count). The minimum Gasteiger partial charge on any atom is -0.502 e. The monoisotopic (exact) mass is 1740 g/mol. The minimum atomic E-state index is -3.32. The number of aryl methyl sites for hydroxylation is 2. The largest absolute Gasteiger partial charge is 0.502 e. The van der Waals surface area contributed by atoms with Crippen LogP contribution in [0.1, 0.15) is 310 Å². The van der Waals surface area contributed by atoms with Gasteiger partial charge in [-0.3, -0.25) is 58.1 Å². The molecule has 24 nitrogen and oxygen atoms in total. The number of carbonyl (C=O) groups excluding carboxylic acids is 8. The molecular weight excluding hydrogens is 1590 g/mol. The van der Waals surface area contributed by atoms with E-state index in [4.69, 9.17) is 9.15 Å². The predicted molar refractivity (Wildman–Crippen MR) is 493 cm³/mol. The lowest BCUT2D eigenvalue weighted by Crippen LogP contribution is -2.39. The van der Waals surface area contributed by atoms with E-state index in [2.05, 4.69) is 220 Å². The Kier molecular flexibility index (Phi) is 38.2. The van der Waals surface area contributed by atoms with Crippen LogP contribution in [0.5, 0.6) is 5.75 Å². The smallest absolute Gasteiger partial charge is 0.293 e. The van der Waals surface area contributed by atoms with Crippen molar-refractivity contribution in [2.45, 2.75) is 327 Å². The fourth-order valence-electron chi connectivity index (χ4n) is 15.3. The number of oxazole rings is 1. The van der Waals surface area contributed by atoms with Gasteiger partial charge < -0.3 is 40.5 Å². The summed E-state index contributed by atoms with van der Waals surface area (Å²) < 4.78 is 34.8. The van der Waals surface area contributed by atoms with Gasteiger partial charge >= 0.3 is 0 Å². The summed E-state index contributed by atoms with van der Waals surface area (Å²) in [5.41, 5.74) is 2.25. The third-order valence-electron chi connectivity index (χ3n) is 19.1. The highest BCUT2D eigenvalue weighted by Gasteiger charge is 2.50. The van der Waals surface area contributed by atoms with Crippen molar-refractivity contribution >= 4 is 80.8 Å². The van der Waals surface area contributed by atoms with Gasteiger partial charge in [-0.1, -0.05) is 281 Å². The molecule has 121 heavy (non-hydrogen) atoms. The molecule has 9 heterocycles. The highest BCUT2D eigenvalue weighted by molar-refractivity contribution is 8.05. The van der Waals surface area contributed by atoms with Crippen molar-refractivity contribution in [2.24, 2.45) is 66.0 Å². The molecule has 8 N–H and O–H groups in total. The summed E-state index contributed by atoms with van der Waals surface area (Å²) in [4.78, 5) is 116. The second-order valence-electron chi connectivity index (χ2n) is 44.7. The molecule has 682 valence electrons. The number of ether oxygens (including phenoxy) is 1. The van der Waals surface area contributed by atoms with Crippen LogP contribution >= 0.6 is 23.5 Å². The summed E-state index contributed by atoms with van der Waals surface area (Å²) >= 11 is 3.09. The van der Waals surface area contributed by atoms with E-state index in [0.29, 0.717) is 48.6 Å². The molecule has 1 aromatic carbocycles. The second-order valence-corrected chi connectivity index (χ2v) is 49.4. The fraction of sp³-hybridized carbons (Fsp3) is 0.670. The number of aromatic nitrogens is 3. The van der Waals surface area contributed by atoms with Crippen molar-refractivity contribution in [3.8, 4) is 17.1 Å². The molecule has 8 amide bonds. The van der Waals surface area contributed by atoms with Gasteiger partial charge in [0.15, 0.2) is 23.1 Å². The number of allylic oxidation sites excluding steroid dienone is 2. The van der Waals surface area contributed by atoms with E-state index in [1.54, 1.807) is 37.4 Å². The summed E-state index contributed by atoms with van der Waals surface area (Å²) in [5.74, 6) is 2.04. The lowest BCUT2D eigenvalue weighted by molar-refractivity contribution is -0.141. The number of imide groups is 1. The van der Waals surface area contributed by atoms with E-state index in [-0.39, 0.29) is 129 Å². The number of hydrogen-bond acceptors (Lipinski definition) is 18. The first-order valence-electron chi connectivity index (χ1n) is 41.9. The molecule has 7 fully saturated rings. The SMILES string of the molecule is C=C1CC(C)(CC(C)(C)C)C(=O)N1.C=C1CC(CC(C)(C)C)C(=O)N1.C=C1NC(=O)C(C)(CC(C)(C)C)O1.C=C1NC(=O)C(C)(CC(C)(C)C)S1.C=C1NC(=O)C(CC(C)(C)C)S1.CC(C)(C)CC1CS(=O)(=O)NC1=O.CC(C)(C)CCc1ncc(-c2ccccc2)o1.CCN1C(=O)CC(C)(CC(C)(C)C)C1=O.Cc1nc(C(C)(C)C)c(O)c(=O)[nH]1. The number of aromatic amines is 1. The Morgan fingerprint density at radius 1 is 0.562 bits per heavy atom. The van der Waals surface area contributed by atoms with Crippen LogP contribution in [0, 0.1) is 72.9 Å². The number of likely N-dealkylation sites (tertiary alicyclic amines) is 1. The van der Waals surface area contributed by atoms with Crippen LogP contribution in [0.15, 0.2) is 106 Å². The van der Waals surface area contributed by atoms with Crippen LogP contribution in [0.4, 0.5) is 0 Å². The average molecular weight is 1740 g/mol. The molecule has 2 aromatic heterocycles. The number of H-pyrrole nitrogens is 1. The Hall–Kier alpha value is -7.78. The number of nitrogens with one attached hydrogen (secondary N) is 7. The molecule has 7 saturated heterocycles. The van der Waals surface area contributed by atoms with E-state index in [1.165, 1.54) is 4.90 Å². The molecular formula is C94H154N10O14S3. The van der Waals surface area contributed by atoms with Crippen LogP contribution < -0.4 is 36.9 Å². The van der Waals surface area contributed by atoms with Crippen molar-refractivity contribution in [3.05, 3.63) is 125 Å². The zero-order valence-corrected chi connectivity index (χ0v) is 82.4. The number of carbonyl (C=O) groups is 8. The molecule has 0 bridgehead atoms. The number of sulfonamides is 1. The maximum atomic E-state index is 12.1. The summed E-state index contributed by atoms with van der Waals surface area (Å²) in [7, 11) is -3.32. The Labute approximate surface area is 735 Å². The maximum Gasteiger partial charge on any atom is 0.293 e. The quantitative estimate of drug-likeness (QED) is 0.0827. The predicted octanol–water partition coefficient (Wildman–Crippen LogP) is 19.1. The minimum absolute atomic E-state index is 0.00456. The van der Waals surface area contributed by atoms with Crippen molar-refractivity contribution < 1.29 is 61.0 Å². The van der Waals surface area contributed by atoms with E-state index in [1.807, 2.05) is 110 Å². The first kappa shape index (κ1) is 109. The van der Waals surface area contributed by atoms with Gasteiger partial charge in [-0.25, -0.2) is 18.4 Å². The summed E-state index contributed by atoms with van der Waals surface area (Å²) in [5, 5.41) is 24.7. The van der Waals surface area contributed by atoms with Gasteiger partial charge in [0.2, 0.25) is 57.1 Å². The van der Waals surface area contributed by atoms with E-state index in [9.17, 15) is 56.7 Å². The molecule has 7 unspecified atom stereocenters. The van der Waals surface area contributed by atoms with Crippen molar-refractivity contribution in [1.29, 1.82) is 0 Å². The summed E-state index contributed by atoms with van der Waals surface area (Å²) in [6.07, 6.45) is 11.5. The van der Waals surface area contributed by atoms with E-state index in [0.717, 1.165) is 96.5 Å². The first-order chi connectivity index (χ1) is 54.2.